The number of para-hydroxylation sites is 1. The van der Waals surface area contributed by atoms with Gasteiger partial charge in [-0.2, -0.15) is 0 Å². The highest BCUT2D eigenvalue weighted by atomic mass is 16.5. The number of benzene rings is 3. The summed E-state index contributed by atoms with van der Waals surface area (Å²) in [4.78, 5) is 12.6. The van der Waals surface area contributed by atoms with Crippen molar-refractivity contribution in [3.8, 4) is 17.2 Å². The Kier molecular flexibility index (Phi) is 6.47. The molecular weight excluding hydrogens is 352 g/mol. The van der Waals surface area contributed by atoms with Crippen LogP contribution in [0, 0.1) is 0 Å². The molecule has 0 saturated heterocycles. The van der Waals surface area contributed by atoms with Crippen molar-refractivity contribution in [1.29, 1.82) is 0 Å². The summed E-state index contributed by atoms with van der Waals surface area (Å²) >= 11 is 0. The summed E-state index contributed by atoms with van der Waals surface area (Å²) in [5, 5.41) is 0. The number of methoxy groups -OCH3 is 2. The maximum atomic E-state index is 12.6. The molecule has 0 bridgehead atoms. The van der Waals surface area contributed by atoms with E-state index in [0.29, 0.717) is 23.7 Å². The van der Waals surface area contributed by atoms with Gasteiger partial charge in [0.05, 0.1) is 14.2 Å². The largest absolute Gasteiger partial charge is 0.493 e. The lowest BCUT2D eigenvalue weighted by atomic mass is 10.1. The molecule has 3 aromatic carbocycles. The van der Waals surface area contributed by atoms with Crippen LogP contribution in [0.1, 0.15) is 21.5 Å². The molecule has 0 heterocycles. The standard InChI is InChI=1S/C24H22O4/c1-26-23-15-13-20(16-24(23)27-2)21(25)14-12-19-10-6-7-11-22(19)28-17-18-8-4-3-5-9-18/h3-16H,17H2,1-2H3/b14-12+. The van der Waals surface area contributed by atoms with Gasteiger partial charge in [0.15, 0.2) is 17.3 Å². The van der Waals surface area contributed by atoms with Crippen molar-refractivity contribution in [3.63, 3.8) is 0 Å². The van der Waals surface area contributed by atoms with Gasteiger partial charge >= 0.3 is 0 Å². The summed E-state index contributed by atoms with van der Waals surface area (Å²) < 4.78 is 16.4. The highest BCUT2D eigenvalue weighted by Crippen LogP contribution is 2.28. The molecule has 0 spiro atoms. The first kappa shape index (κ1) is 19.2. The second-order valence-electron chi connectivity index (χ2n) is 6.08. The van der Waals surface area contributed by atoms with Crippen molar-refractivity contribution in [2.24, 2.45) is 0 Å². The quantitative estimate of drug-likeness (QED) is 0.403. The first-order chi connectivity index (χ1) is 13.7. The number of hydrogen-bond acceptors (Lipinski definition) is 4. The molecule has 0 atom stereocenters. The van der Waals surface area contributed by atoms with E-state index in [1.165, 1.54) is 6.08 Å². The molecule has 3 rings (SSSR count). The molecule has 4 heteroatoms. The van der Waals surface area contributed by atoms with Gasteiger partial charge in [-0.3, -0.25) is 4.79 Å². The summed E-state index contributed by atoms with van der Waals surface area (Å²) in [5.74, 6) is 1.71. The first-order valence-electron chi connectivity index (χ1n) is 8.91. The van der Waals surface area contributed by atoms with Gasteiger partial charge in [0.2, 0.25) is 0 Å². The Hall–Kier alpha value is -3.53. The van der Waals surface area contributed by atoms with Gasteiger partial charge in [0, 0.05) is 11.1 Å². The molecule has 0 N–H and O–H groups in total. The van der Waals surface area contributed by atoms with E-state index in [4.69, 9.17) is 14.2 Å². The molecule has 28 heavy (non-hydrogen) atoms. The molecule has 4 nitrogen and oxygen atoms in total. The third-order valence-electron chi connectivity index (χ3n) is 4.24. The van der Waals surface area contributed by atoms with E-state index in [9.17, 15) is 4.79 Å². The molecular formula is C24H22O4. The molecule has 0 aliphatic heterocycles. The fourth-order valence-corrected chi connectivity index (χ4v) is 2.74. The third kappa shape index (κ3) is 4.80. The predicted molar refractivity (Wildman–Crippen MR) is 110 cm³/mol. The van der Waals surface area contributed by atoms with Crippen molar-refractivity contribution >= 4 is 11.9 Å². The Bertz CT molecular complexity index is 961. The average Bonchev–Trinajstić information content (AvgIpc) is 2.76. The number of rotatable bonds is 8. The summed E-state index contributed by atoms with van der Waals surface area (Å²) in [5.41, 5.74) is 2.45. The highest BCUT2D eigenvalue weighted by Gasteiger charge is 2.09. The minimum atomic E-state index is -0.126. The van der Waals surface area contributed by atoms with Crippen LogP contribution in [0.4, 0.5) is 0 Å². The van der Waals surface area contributed by atoms with Crippen molar-refractivity contribution in [3.05, 3.63) is 95.6 Å². The normalized spacial score (nSPS) is 10.6. The maximum absolute atomic E-state index is 12.6. The van der Waals surface area contributed by atoms with E-state index in [2.05, 4.69) is 0 Å². The summed E-state index contributed by atoms with van der Waals surface area (Å²) in [7, 11) is 3.11. The van der Waals surface area contributed by atoms with Gasteiger partial charge in [-0.15, -0.1) is 0 Å². The number of carbonyl (C=O) groups is 1. The van der Waals surface area contributed by atoms with Gasteiger partial charge in [0.1, 0.15) is 12.4 Å². The van der Waals surface area contributed by atoms with Crippen molar-refractivity contribution in [1.82, 2.24) is 0 Å². The molecule has 0 fully saturated rings. The van der Waals surface area contributed by atoms with Crippen LogP contribution in [0.2, 0.25) is 0 Å². The lowest BCUT2D eigenvalue weighted by molar-refractivity contribution is 0.104. The van der Waals surface area contributed by atoms with E-state index in [1.807, 2.05) is 54.6 Å². The van der Waals surface area contributed by atoms with Crippen molar-refractivity contribution < 1.29 is 19.0 Å². The van der Waals surface area contributed by atoms with Crippen LogP contribution in [-0.4, -0.2) is 20.0 Å². The summed E-state index contributed by atoms with van der Waals surface area (Å²) in [6.07, 6.45) is 3.30. The smallest absolute Gasteiger partial charge is 0.185 e. The zero-order valence-corrected chi connectivity index (χ0v) is 15.9. The number of ether oxygens (including phenoxy) is 3. The average molecular weight is 374 g/mol. The monoisotopic (exact) mass is 374 g/mol. The van der Waals surface area contributed by atoms with Crippen LogP contribution in [-0.2, 0) is 6.61 Å². The van der Waals surface area contributed by atoms with Crippen LogP contribution in [0.5, 0.6) is 17.2 Å². The van der Waals surface area contributed by atoms with E-state index >= 15 is 0 Å². The van der Waals surface area contributed by atoms with Gasteiger partial charge in [0.25, 0.3) is 0 Å². The Labute approximate surface area is 165 Å². The molecule has 0 radical (unpaired) electrons. The van der Waals surface area contributed by atoms with Crippen molar-refractivity contribution in [2.45, 2.75) is 6.61 Å². The number of carbonyl (C=O) groups excluding carboxylic acids is 1. The minimum Gasteiger partial charge on any atom is -0.493 e. The molecule has 0 saturated carbocycles. The van der Waals surface area contributed by atoms with Crippen molar-refractivity contribution in [2.75, 3.05) is 14.2 Å². The van der Waals surface area contributed by atoms with Crippen LogP contribution in [0.3, 0.4) is 0 Å². The topological polar surface area (TPSA) is 44.8 Å². The van der Waals surface area contributed by atoms with Gasteiger partial charge in [-0.05, 0) is 42.0 Å². The van der Waals surface area contributed by atoms with E-state index in [-0.39, 0.29) is 5.78 Å². The molecule has 3 aromatic rings. The molecule has 0 aromatic heterocycles. The fraction of sp³-hybridized carbons (Fsp3) is 0.125. The van der Waals surface area contributed by atoms with Gasteiger partial charge in [-0.25, -0.2) is 0 Å². The van der Waals surface area contributed by atoms with E-state index in [0.717, 1.165) is 16.9 Å². The fourth-order valence-electron chi connectivity index (χ4n) is 2.74. The zero-order valence-electron chi connectivity index (χ0n) is 15.9. The van der Waals surface area contributed by atoms with Crippen LogP contribution in [0.15, 0.2) is 78.9 Å². The second-order valence-corrected chi connectivity index (χ2v) is 6.08. The molecule has 0 aliphatic rings. The molecule has 0 amide bonds. The Morgan fingerprint density at radius 2 is 1.54 bits per heavy atom. The summed E-state index contributed by atoms with van der Waals surface area (Å²) in [6, 6.07) is 22.7. The van der Waals surface area contributed by atoms with Gasteiger partial charge in [-0.1, -0.05) is 48.5 Å². The van der Waals surface area contributed by atoms with Crippen LogP contribution in [0.25, 0.3) is 6.08 Å². The van der Waals surface area contributed by atoms with Crippen LogP contribution >= 0.6 is 0 Å². The second kappa shape index (κ2) is 9.42. The zero-order chi connectivity index (χ0) is 19.8. The first-order valence-corrected chi connectivity index (χ1v) is 8.91. The summed E-state index contributed by atoms with van der Waals surface area (Å²) in [6.45, 7) is 0.468. The number of hydrogen-bond donors (Lipinski definition) is 0. The Balaban J connectivity index is 1.74. The highest BCUT2D eigenvalue weighted by molar-refractivity contribution is 6.07. The van der Waals surface area contributed by atoms with E-state index < -0.39 is 0 Å². The molecule has 0 unspecified atom stereocenters. The third-order valence-corrected chi connectivity index (χ3v) is 4.24. The molecule has 0 aliphatic carbocycles. The Morgan fingerprint density at radius 1 is 0.821 bits per heavy atom. The Morgan fingerprint density at radius 3 is 2.29 bits per heavy atom. The lowest BCUT2D eigenvalue weighted by Gasteiger charge is -2.09. The van der Waals surface area contributed by atoms with Crippen LogP contribution < -0.4 is 14.2 Å². The predicted octanol–water partition coefficient (Wildman–Crippen LogP) is 5.18. The minimum absolute atomic E-state index is 0.126. The SMILES string of the molecule is COc1ccc(C(=O)/C=C/c2ccccc2OCc2ccccc2)cc1OC. The number of ketones is 1. The maximum Gasteiger partial charge on any atom is 0.185 e. The van der Waals surface area contributed by atoms with Gasteiger partial charge < -0.3 is 14.2 Å². The molecule has 142 valence electrons. The number of allylic oxidation sites excluding steroid dienone is 1. The van der Waals surface area contributed by atoms with E-state index in [1.54, 1.807) is 38.5 Å². The lowest BCUT2D eigenvalue weighted by Crippen LogP contribution is -1.98.